The van der Waals surface area contributed by atoms with Gasteiger partial charge in [0.2, 0.25) is 0 Å². The molecule has 3 aliphatic heterocycles. The van der Waals surface area contributed by atoms with Crippen LogP contribution in [0, 0.1) is 5.41 Å². The number of nitrogens with one attached hydrogen (secondary N) is 1. The number of anilines is 1. The van der Waals surface area contributed by atoms with Crippen LogP contribution in [-0.2, 0) is 0 Å². The zero-order valence-corrected chi connectivity index (χ0v) is 13.1. The first-order chi connectivity index (χ1) is 10.3. The van der Waals surface area contributed by atoms with Gasteiger partial charge in [0.05, 0.1) is 5.54 Å². The predicted molar refractivity (Wildman–Crippen MR) is 86.7 cm³/mol. The van der Waals surface area contributed by atoms with Gasteiger partial charge in [-0.15, -0.1) is 0 Å². The van der Waals surface area contributed by atoms with Crippen LogP contribution in [0.2, 0.25) is 0 Å². The van der Waals surface area contributed by atoms with Crippen LogP contribution in [0.15, 0.2) is 24.3 Å². The minimum absolute atomic E-state index is 0.346. The molecule has 1 aliphatic carbocycles. The van der Waals surface area contributed by atoms with E-state index in [1.165, 1.54) is 57.3 Å². The molecule has 0 bridgehead atoms. The van der Waals surface area contributed by atoms with Gasteiger partial charge in [0.25, 0.3) is 0 Å². The molecule has 2 heteroatoms. The number of benzene rings is 1. The maximum atomic E-state index is 4.06. The van der Waals surface area contributed by atoms with Gasteiger partial charge in [-0.2, -0.15) is 0 Å². The monoisotopic (exact) mass is 282 g/mol. The summed E-state index contributed by atoms with van der Waals surface area (Å²) in [6.07, 6.45) is 8.39. The lowest BCUT2D eigenvalue weighted by molar-refractivity contribution is -0.0196. The van der Waals surface area contributed by atoms with E-state index in [1.54, 1.807) is 5.56 Å². The molecular formula is C19H26N2. The molecule has 4 unspecified atom stereocenters. The summed E-state index contributed by atoms with van der Waals surface area (Å²) in [6.45, 7) is 5.09. The Morgan fingerprint density at radius 2 is 2.10 bits per heavy atom. The molecule has 1 saturated carbocycles. The molecule has 3 heterocycles. The van der Waals surface area contributed by atoms with E-state index < -0.39 is 0 Å². The lowest BCUT2D eigenvalue weighted by Crippen LogP contribution is -2.65. The number of nitrogens with zero attached hydrogens (tertiary/aromatic N) is 1. The molecule has 2 nitrogen and oxygen atoms in total. The molecule has 4 aliphatic rings. The fourth-order valence-electron chi connectivity index (χ4n) is 6.54. The number of rotatable bonds is 1. The Bertz CT molecular complexity index is 583. The molecule has 1 spiro atoms. The molecule has 0 amide bonds. The zero-order valence-electron chi connectivity index (χ0n) is 13.1. The van der Waals surface area contributed by atoms with Crippen LogP contribution in [0.1, 0.15) is 56.9 Å². The smallest absolute Gasteiger partial charge is 0.0603 e. The van der Waals surface area contributed by atoms with E-state index >= 15 is 0 Å². The van der Waals surface area contributed by atoms with Crippen LogP contribution in [0.4, 0.5) is 5.69 Å². The number of piperidine rings is 2. The summed E-state index contributed by atoms with van der Waals surface area (Å²) in [5, 5.41) is 4.06. The number of fused-ring (bicyclic) bond motifs is 2. The van der Waals surface area contributed by atoms with Crippen molar-refractivity contribution in [1.29, 1.82) is 0 Å². The van der Waals surface area contributed by atoms with Crippen LogP contribution in [0.3, 0.4) is 0 Å². The normalized spacial score (nSPS) is 43.9. The van der Waals surface area contributed by atoms with Crippen LogP contribution in [-0.4, -0.2) is 29.6 Å². The molecular weight excluding hydrogens is 256 g/mol. The first-order valence-corrected chi connectivity index (χ1v) is 8.90. The largest absolute Gasteiger partial charge is 0.377 e. The van der Waals surface area contributed by atoms with Gasteiger partial charge in [-0.05, 0) is 68.7 Å². The highest BCUT2D eigenvalue weighted by atomic mass is 15.3. The summed E-state index contributed by atoms with van der Waals surface area (Å²) < 4.78 is 0. The molecule has 112 valence electrons. The van der Waals surface area contributed by atoms with Crippen LogP contribution in [0.5, 0.6) is 0 Å². The van der Waals surface area contributed by atoms with E-state index in [2.05, 4.69) is 41.4 Å². The summed E-state index contributed by atoms with van der Waals surface area (Å²) >= 11 is 0. The Balaban J connectivity index is 1.66. The lowest BCUT2D eigenvalue weighted by Gasteiger charge is -2.56. The summed E-state index contributed by atoms with van der Waals surface area (Å²) in [7, 11) is 0. The van der Waals surface area contributed by atoms with Crippen molar-refractivity contribution in [3.8, 4) is 0 Å². The summed E-state index contributed by atoms with van der Waals surface area (Å²) in [5.41, 5.74) is 3.97. The van der Waals surface area contributed by atoms with Crippen molar-refractivity contribution in [2.75, 3.05) is 18.4 Å². The first kappa shape index (κ1) is 12.5. The number of hydrogen-bond donors (Lipinski definition) is 1. The van der Waals surface area contributed by atoms with Crippen LogP contribution < -0.4 is 5.32 Å². The molecule has 2 saturated heterocycles. The summed E-state index contributed by atoms with van der Waals surface area (Å²) in [5.74, 6) is 0.751. The second-order valence-electron chi connectivity index (χ2n) is 7.85. The van der Waals surface area contributed by atoms with Gasteiger partial charge in [0.15, 0.2) is 0 Å². The Kier molecular flexibility index (Phi) is 2.41. The average Bonchev–Trinajstić information content (AvgIpc) is 3.04. The highest BCUT2D eigenvalue weighted by Gasteiger charge is 2.65. The van der Waals surface area contributed by atoms with E-state index in [9.17, 15) is 0 Å². The summed E-state index contributed by atoms with van der Waals surface area (Å²) in [4.78, 5) is 2.86. The Morgan fingerprint density at radius 1 is 1.19 bits per heavy atom. The zero-order chi connectivity index (χ0) is 14.1. The molecule has 4 atom stereocenters. The van der Waals surface area contributed by atoms with E-state index in [1.807, 2.05) is 0 Å². The minimum atomic E-state index is 0.346. The topological polar surface area (TPSA) is 15.3 Å². The van der Waals surface area contributed by atoms with E-state index in [0.717, 1.165) is 12.0 Å². The third-order valence-electron chi connectivity index (χ3n) is 7.32. The van der Waals surface area contributed by atoms with Gasteiger partial charge in [0.1, 0.15) is 0 Å². The van der Waals surface area contributed by atoms with Gasteiger partial charge in [-0.3, -0.25) is 4.90 Å². The van der Waals surface area contributed by atoms with Gasteiger partial charge in [0, 0.05) is 17.6 Å². The SMILES string of the molecule is CCC12CCCN3CCC4c5ccccc5NC4(CC1)C32. The van der Waals surface area contributed by atoms with Gasteiger partial charge < -0.3 is 5.32 Å². The molecule has 1 aromatic rings. The fourth-order valence-corrected chi connectivity index (χ4v) is 6.54. The van der Waals surface area contributed by atoms with Crippen molar-refractivity contribution in [2.45, 2.75) is 62.9 Å². The van der Waals surface area contributed by atoms with E-state index in [0.29, 0.717) is 11.0 Å². The fraction of sp³-hybridized carbons (Fsp3) is 0.684. The third-order valence-corrected chi connectivity index (χ3v) is 7.32. The number of para-hydroxylation sites is 1. The van der Waals surface area contributed by atoms with Crippen molar-refractivity contribution in [1.82, 2.24) is 4.90 Å². The molecule has 3 fully saturated rings. The van der Waals surface area contributed by atoms with Crippen molar-refractivity contribution in [3.05, 3.63) is 29.8 Å². The first-order valence-electron chi connectivity index (χ1n) is 8.90. The molecule has 1 aromatic carbocycles. The van der Waals surface area contributed by atoms with Crippen LogP contribution in [0.25, 0.3) is 0 Å². The third kappa shape index (κ3) is 1.38. The average molecular weight is 282 g/mol. The maximum absolute atomic E-state index is 4.06. The Morgan fingerprint density at radius 3 is 3.00 bits per heavy atom. The van der Waals surface area contributed by atoms with E-state index in [-0.39, 0.29) is 0 Å². The molecule has 5 rings (SSSR count). The second-order valence-corrected chi connectivity index (χ2v) is 7.85. The quantitative estimate of drug-likeness (QED) is 0.838. The van der Waals surface area contributed by atoms with Crippen molar-refractivity contribution in [3.63, 3.8) is 0 Å². The van der Waals surface area contributed by atoms with Gasteiger partial charge in [-0.1, -0.05) is 25.1 Å². The summed E-state index contributed by atoms with van der Waals surface area (Å²) in [6, 6.07) is 9.89. The van der Waals surface area contributed by atoms with Crippen molar-refractivity contribution in [2.24, 2.45) is 5.41 Å². The molecule has 1 N–H and O–H groups in total. The van der Waals surface area contributed by atoms with Gasteiger partial charge in [-0.25, -0.2) is 0 Å². The molecule has 0 radical (unpaired) electrons. The minimum Gasteiger partial charge on any atom is -0.377 e. The predicted octanol–water partition coefficient (Wildman–Crippen LogP) is 3.99. The standard InChI is InChI=1S/C19H26N2/c1-2-18-9-5-12-21-13-8-15-14-6-3-4-7-16(14)20-19(15,11-10-18)17(18)21/h3-4,6-7,15,17,20H,2,5,8-13H2,1H3. The highest BCUT2D eigenvalue weighted by Crippen LogP contribution is 2.64. The Hall–Kier alpha value is -1.02. The van der Waals surface area contributed by atoms with Crippen molar-refractivity contribution >= 4 is 5.69 Å². The second kappa shape index (κ2) is 4.04. The lowest BCUT2D eigenvalue weighted by atomic mass is 9.64. The molecule has 0 aromatic heterocycles. The van der Waals surface area contributed by atoms with Gasteiger partial charge >= 0.3 is 0 Å². The van der Waals surface area contributed by atoms with Crippen molar-refractivity contribution < 1.29 is 0 Å². The maximum Gasteiger partial charge on any atom is 0.0603 e. The van der Waals surface area contributed by atoms with E-state index in [4.69, 9.17) is 0 Å². The van der Waals surface area contributed by atoms with Crippen LogP contribution >= 0.6 is 0 Å². The highest BCUT2D eigenvalue weighted by molar-refractivity contribution is 5.63. The number of hydrogen-bond acceptors (Lipinski definition) is 2. The molecule has 21 heavy (non-hydrogen) atoms. The Labute approximate surface area is 127 Å².